The lowest BCUT2D eigenvalue weighted by Crippen LogP contribution is -2.54. The van der Waals surface area contributed by atoms with Crippen LogP contribution in [-0.4, -0.2) is 64.0 Å². The summed E-state index contributed by atoms with van der Waals surface area (Å²) in [6.07, 6.45) is 14.8. The van der Waals surface area contributed by atoms with E-state index in [-0.39, 0.29) is 6.17 Å². The number of aryl methyl sites for hydroxylation is 1. The number of benzene rings is 1. The SMILES string of the molecule is CN1CCN(C2C=CC=CN2c2cc3cc(-c4cnn(C)c4)ccc3cn2)CC1. The van der Waals surface area contributed by atoms with Gasteiger partial charge in [0.25, 0.3) is 0 Å². The van der Waals surface area contributed by atoms with Crippen molar-refractivity contribution in [2.45, 2.75) is 6.17 Å². The van der Waals surface area contributed by atoms with Gasteiger partial charge in [-0.1, -0.05) is 18.2 Å². The number of fused-ring (bicyclic) bond motifs is 1. The molecule has 29 heavy (non-hydrogen) atoms. The zero-order valence-corrected chi connectivity index (χ0v) is 16.9. The van der Waals surface area contributed by atoms with Gasteiger partial charge in [-0.3, -0.25) is 9.58 Å². The number of pyridine rings is 1. The normalized spacial score (nSPS) is 20.6. The van der Waals surface area contributed by atoms with Crippen LogP contribution in [0.3, 0.4) is 0 Å². The lowest BCUT2D eigenvalue weighted by atomic mass is 10.0. The average Bonchev–Trinajstić information content (AvgIpc) is 3.20. The van der Waals surface area contributed by atoms with Crippen LogP contribution in [0.4, 0.5) is 5.82 Å². The Labute approximate surface area is 171 Å². The van der Waals surface area contributed by atoms with Gasteiger partial charge in [-0.2, -0.15) is 5.10 Å². The van der Waals surface area contributed by atoms with Gasteiger partial charge in [0.2, 0.25) is 0 Å². The van der Waals surface area contributed by atoms with Crippen LogP contribution in [0.1, 0.15) is 0 Å². The zero-order valence-electron chi connectivity index (χ0n) is 16.9. The number of nitrogens with zero attached hydrogens (tertiary/aromatic N) is 6. The lowest BCUT2D eigenvalue weighted by Gasteiger charge is -2.42. The van der Waals surface area contributed by atoms with Crippen molar-refractivity contribution in [1.29, 1.82) is 0 Å². The van der Waals surface area contributed by atoms with Gasteiger partial charge in [0, 0.05) is 62.8 Å². The summed E-state index contributed by atoms with van der Waals surface area (Å²) in [4.78, 5) is 12.0. The fraction of sp³-hybridized carbons (Fsp3) is 0.304. The van der Waals surface area contributed by atoms with Crippen LogP contribution >= 0.6 is 0 Å². The van der Waals surface area contributed by atoms with Gasteiger partial charge >= 0.3 is 0 Å². The Balaban J connectivity index is 1.48. The fourth-order valence-corrected chi connectivity index (χ4v) is 4.10. The predicted octanol–water partition coefficient (Wildman–Crippen LogP) is 3.10. The van der Waals surface area contributed by atoms with Crippen LogP contribution in [0.2, 0.25) is 0 Å². The summed E-state index contributed by atoms with van der Waals surface area (Å²) in [6.45, 7) is 4.33. The number of aromatic nitrogens is 3. The van der Waals surface area contributed by atoms with E-state index in [0.717, 1.165) is 42.9 Å². The van der Waals surface area contributed by atoms with Crippen molar-refractivity contribution in [2.24, 2.45) is 7.05 Å². The molecule has 4 heterocycles. The van der Waals surface area contributed by atoms with Crippen LogP contribution < -0.4 is 4.90 Å². The number of allylic oxidation sites excluding steroid dienone is 2. The first-order chi connectivity index (χ1) is 14.2. The molecule has 0 spiro atoms. The van der Waals surface area contributed by atoms with Crippen LogP contribution in [-0.2, 0) is 7.05 Å². The maximum absolute atomic E-state index is 4.78. The van der Waals surface area contributed by atoms with Gasteiger partial charge in [0.05, 0.1) is 6.20 Å². The van der Waals surface area contributed by atoms with E-state index in [1.54, 1.807) is 0 Å². The van der Waals surface area contributed by atoms with E-state index in [1.165, 1.54) is 10.9 Å². The first kappa shape index (κ1) is 18.1. The zero-order chi connectivity index (χ0) is 19.8. The van der Waals surface area contributed by atoms with Crippen LogP contribution in [0.15, 0.2) is 67.3 Å². The molecule has 0 amide bonds. The van der Waals surface area contributed by atoms with Gasteiger partial charge in [-0.25, -0.2) is 4.98 Å². The fourth-order valence-electron chi connectivity index (χ4n) is 4.10. The number of hydrogen-bond donors (Lipinski definition) is 0. The minimum atomic E-state index is 0.208. The maximum atomic E-state index is 4.78. The number of rotatable bonds is 3. The molecule has 1 unspecified atom stereocenters. The monoisotopic (exact) mass is 386 g/mol. The van der Waals surface area contributed by atoms with Gasteiger partial charge in [-0.15, -0.1) is 0 Å². The predicted molar refractivity (Wildman–Crippen MR) is 118 cm³/mol. The van der Waals surface area contributed by atoms with Gasteiger partial charge in [0.15, 0.2) is 0 Å². The third kappa shape index (κ3) is 3.57. The Morgan fingerprint density at radius 1 is 0.897 bits per heavy atom. The molecule has 3 aromatic rings. The second-order valence-corrected chi connectivity index (χ2v) is 7.89. The molecule has 1 saturated heterocycles. The Kier molecular flexibility index (Phi) is 4.66. The van der Waals surface area contributed by atoms with E-state index in [1.807, 2.05) is 30.3 Å². The Morgan fingerprint density at radius 2 is 1.76 bits per heavy atom. The van der Waals surface area contributed by atoms with Gasteiger partial charge < -0.3 is 9.80 Å². The molecular formula is C23H26N6. The summed E-state index contributed by atoms with van der Waals surface area (Å²) in [5, 5.41) is 6.64. The highest BCUT2D eigenvalue weighted by molar-refractivity contribution is 5.88. The molecule has 148 valence electrons. The molecule has 1 fully saturated rings. The minimum absolute atomic E-state index is 0.208. The van der Waals surface area contributed by atoms with E-state index < -0.39 is 0 Å². The molecule has 0 bridgehead atoms. The smallest absolute Gasteiger partial charge is 0.134 e. The van der Waals surface area contributed by atoms with Gasteiger partial charge in [-0.05, 0) is 42.3 Å². The molecular weight excluding hydrogens is 360 g/mol. The maximum Gasteiger partial charge on any atom is 0.134 e. The van der Waals surface area contributed by atoms with Crippen molar-refractivity contribution >= 4 is 16.6 Å². The molecule has 6 heteroatoms. The van der Waals surface area contributed by atoms with Crippen LogP contribution in [0.25, 0.3) is 21.9 Å². The number of piperazine rings is 1. The number of likely N-dealkylation sites (N-methyl/N-ethyl adjacent to an activating group) is 1. The van der Waals surface area contributed by atoms with E-state index in [4.69, 9.17) is 4.98 Å². The van der Waals surface area contributed by atoms with E-state index >= 15 is 0 Å². The first-order valence-corrected chi connectivity index (χ1v) is 10.1. The Bertz CT molecular complexity index is 1070. The first-order valence-electron chi connectivity index (χ1n) is 10.1. The molecule has 1 atom stereocenters. The topological polar surface area (TPSA) is 40.4 Å². The van der Waals surface area contributed by atoms with Crippen molar-refractivity contribution in [3.63, 3.8) is 0 Å². The van der Waals surface area contributed by atoms with Crippen molar-refractivity contribution in [3.05, 3.63) is 67.3 Å². The molecule has 0 radical (unpaired) electrons. The third-order valence-corrected chi connectivity index (χ3v) is 5.85. The van der Waals surface area contributed by atoms with E-state index in [2.05, 4.69) is 75.5 Å². The molecule has 1 aromatic carbocycles. The average molecular weight is 387 g/mol. The molecule has 0 saturated carbocycles. The Morgan fingerprint density at radius 3 is 2.55 bits per heavy atom. The van der Waals surface area contributed by atoms with Crippen molar-refractivity contribution in [3.8, 4) is 11.1 Å². The number of hydrogen-bond acceptors (Lipinski definition) is 5. The Hall–Kier alpha value is -2.96. The molecule has 2 aliphatic heterocycles. The summed E-state index contributed by atoms with van der Waals surface area (Å²) >= 11 is 0. The highest BCUT2D eigenvalue weighted by Crippen LogP contribution is 2.28. The quantitative estimate of drug-likeness (QED) is 0.692. The minimum Gasteiger partial charge on any atom is -0.313 e. The summed E-state index contributed by atoms with van der Waals surface area (Å²) in [6, 6.07) is 8.70. The largest absolute Gasteiger partial charge is 0.313 e. The standard InChI is InChI=1S/C23H26N6/c1-26-9-11-28(12-10-26)23-5-3-4-8-29(23)22-14-20-13-18(6-7-19(20)15-24-22)21-16-25-27(2)17-21/h3-8,13-17,23H,9-12H2,1-2H3. The van der Waals surface area contributed by atoms with E-state index in [0.29, 0.717) is 0 Å². The molecule has 6 nitrogen and oxygen atoms in total. The van der Waals surface area contributed by atoms with Crippen molar-refractivity contribution in [2.75, 3.05) is 38.1 Å². The molecule has 0 N–H and O–H groups in total. The molecule has 5 rings (SSSR count). The summed E-state index contributed by atoms with van der Waals surface area (Å²) < 4.78 is 1.84. The lowest BCUT2D eigenvalue weighted by molar-refractivity contribution is 0.130. The molecule has 0 aliphatic carbocycles. The highest BCUT2D eigenvalue weighted by Gasteiger charge is 2.26. The van der Waals surface area contributed by atoms with Gasteiger partial charge in [0.1, 0.15) is 12.0 Å². The van der Waals surface area contributed by atoms with Crippen LogP contribution in [0.5, 0.6) is 0 Å². The van der Waals surface area contributed by atoms with E-state index in [9.17, 15) is 0 Å². The summed E-state index contributed by atoms with van der Waals surface area (Å²) in [7, 11) is 4.14. The second-order valence-electron chi connectivity index (χ2n) is 7.89. The highest BCUT2D eigenvalue weighted by atomic mass is 15.4. The van der Waals surface area contributed by atoms with Crippen molar-refractivity contribution in [1.82, 2.24) is 24.6 Å². The summed E-state index contributed by atoms with van der Waals surface area (Å²) in [5.41, 5.74) is 2.30. The summed E-state index contributed by atoms with van der Waals surface area (Å²) in [5.74, 6) is 0.977. The molecule has 2 aromatic heterocycles. The third-order valence-electron chi connectivity index (χ3n) is 5.85. The van der Waals surface area contributed by atoms with Crippen molar-refractivity contribution < 1.29 is 0 Å². The number of anilines is 1. The second kappa shape index (κ2) is 7.46. The van der Waals surface area contributed by atoms with Crippen LogP contribution in [0, 0.1) is 0 Å². The molecule has 2 aliphatic rings.